The van der Waals surface area contributed by atoms with Gasteiger partial charge >= 0.3 is 5.97 Å². The van der Waals surface area contributed by atoms with Gasteiger partial charge in [0, 0.05) is 26.4 Å². The molecule has 0 saturated carbocycles. The molecular weight excluding hydrogens is 258 g/mol. The zero-order chi connectivity index (χ0) is 15.0. The van der Waals surface area contributed by atoms with Gasteiger partial charge in [-0.15, -0.1) is 0 Å². The average Bonchev–Trinajstić information content (AvgIpc) is 2.44. The van der Waals surface area contributed by atoms with Gasteiger partial charge in [0.25, 0.3) is 0 Å². The van der Waals surface area contributed by atoms with E-state index in [1.165, 1.54) is 0 Å². The second kappa shape index (κ2) is 8.19. The summed E-state index contributed by atoms with van der Waals surface area (Å²) in [5, 5.41) is 8.55. The van der Waals surface area contributed by atoms with Gasteiger partial charge in [-0.05, 0) is 30.5 Å². The molecular formula is C15H21NO4. The molecule has 0 unspecified atom stereocenters. The molecule has 0 aliphatic carbocycles. The van der Waals surface area contributed by atoms with E-state index < -0.39 is 5.97 Å². The maximum absolute atomic E-state index is 11.9. The molecule has 5 nitrogen and oxygen atoms in total. The summed E-state index contributed by atoms with van der Waals surface area (Å²) in [6, 6.07) is 7.64. The molecule has 1 amide bonds. The van der Waals surface area contributed by atoms with E-state index in [1.807, 2.05) is 24.3 Å². The number of benzene rings is 1. The monoisotopic (exact) mass is 279 g/mol. The maximum atomic E-state index is 11.9. The minimum Gasteiger partial charge on any atom is -0.497 e. The number of hydrogen-bond acceptors (Lipinski definition) is 3. The molecule has 1 N–H and O–H groups in total. The SMILES string of the molecule is COc1cccc(CCC(=O)N(C)CCCC(=O)O)c1. The summed E-state index contributed by atoms with van der Waals surface area (Å²) in [5.74, 6) is -0.0230. The smallest absolute Gasteiger partial charge is 0.303 e. The number of hydrogen-bond donors (Lipinski definition) is 1. The van der Waals surface area contributed by atoms with Crippen LogP contribution in [0.1, 0.15) is 24.8 Å². The van der Waals surface area contributed by atoms with Crippen LogP contribution in [0.15, 0.2) is 24.3 Å². The van der Waals surface area contributed by atoms with Crippen molar-refractivity contribution in [2.24, 2.45) is 0 Å². The maximum Gasteiger partial charge on any atom is 0.303 e. The number of ether oxygens (including phenoxy) is 1. The molecule has 0 aromatic heterocycles. The number of nitrogens with zero attached hydrogens (tertiary/aromatic N) is 1. The molecule has 1 aromatic carbocycles. The zero-order valence-corrected chi connectivity index (χ0v) is 12.0. The Morgan fingerprint density at radius 2 is 2.05 bits per heavy atom. The van der Waals surface area contributed by atoms with Crippen LogP contribution in [0.5, 0.6) is 5.75 Å². The first-order chi connectivity index (χ1) is 9.52. The zero-order valence-electron chi connectivity index (χ0n) is 12.0. The lowest BCUT2D eigenvalue weighted by Crippen LogP contribution is -2.28. The Morgan fingerprint density at radius 1 is 1.30 bits per heavy atom. The largest absolute Gasteiger partial charge is 0.497 e. The molecule has 0 heterocycles. The summed E-state index contributed by atoms with van der Waals surface area (Å²) < 4.78 is 5.13. The molecule has 0 saturated heterocycles. The molecule has 0 aliphatic rings. The fourth-order valence-corrected chi connectivity index (χ4v) is 1.86. The van der Waals surface area contributed by atoms with Crippen LogP contribution in [0.2, 0.25) is 0 Å². The van der Waals surface area contributed by atoms with E-state index in [0.29, 0.717) is 25.8 Å². The van der Waals surface area contributed by atoms with Crippen molar-refractivity contribution in [3.63, 3.8) is 0 Å². The van der Waals surface area contributed by atoms with E-state index in [4.69, 9.17) is 9.84 Å². The Labute approximate surface area is 119 Å². The van der Waals surface area contributed by atoms with E-state index in [2.05, 4.69) is 0 Å². The van der Waals surface area contributed by atoms with E-state index in [0.717, 1.165) is 11.3 Å². The Morgan fingerprint density at radius 3 is 2.70 bits per heavy atom. The third-order valence-electron chi connectivity index (χ3n) is 3.07. The van der Waals surface area contributed by atoms with E-state index >= 15 is 0 Å². The standard InChI is InChI=1S/C15H21NO4/c1-16(10-4-7-15(18)19)14(17)9-8-12-5-3-6-13(11-12)20-2/h3,5-6,11H,4,7-10H2,1-2H3,(H,18,19). The lowest BCUT2D eigenvalue weighted by Gasteiger charge is -2.16. The summed E-state index contributed by atoms with van der Waals surface area (Å²) in [6.07, 6.45) is 1.64. The second-order valence-corrected chi connectivity index (χ2v) is 4.66. The van der Waals surface area contributed by atoms with Gasteiger partial charge < -0.3 is 14.7 Å². The average molecular weight is 279 g/mol. The van der Waals surface area contributed by atoms with Crippen LogP contribution >= 0.6 is 0 Å². The van der Waals surface area contributed by atoms with Crippen molar-refractivity contribution in [1.29, 1.82) is 0 Å². The molecule has 0 fully saturated rings. The minimum absolute atomic E-state index is 0.0261. The van der Waals surface area contributed by atoms with Crippen molar-refractivity contribution in [2.45, 2.75) is 25.7 Å². The third-order valence-corrected chi connectivity index (χ3v) is 3.07. The van der Waals surface area contributed by atoms with Gasteiger partial charge in [0.1, 0.15) is 5.75 Å². The number of carbonyl (C=O) groups is 2. The highest BCUT2D eigenvalue weighted by atomic mass is 16.5. The van der Waals surface area contributed by atoms with E-state index in [9.17, 15) is 9.59 Å². The highest BCUT2D eigenvalue weighted by Gasteiger charge is 2.09. The first kappa shape index (κ1) is 16.0. The summed E-state index contributed by atoms with van der Waals surface area (Å²) in [4.78, 5) is 23.9. The van der Waals surface area contributed by atoms with Crippen molar-refractivity contribution in [2.75, 3.05) is 20.7 Å². The molecule has 1 rings (SSSR count). The highest BCUT2D eigenvalue weighted by Crippen LogP contribution is 2.14. The van der Waals surface area contributed by atoms with Crippen LogP contribution in [-0.4, -0.2) is 42.6 Å². The topological polar surface area (TPSA) is 66.8 Å². The van der Waals surface area contributed by atoms with Crippen molar-refractivity contribution < 1.29 is 19.4 Å². The molecule has 1 aromatic rings. The molecule has 0 radical (unpaired) electrons. The quantitative estimate of drug-likeness (QED) is 0.790. The van der Waals surface area contributed by atoms with E-state index in [1.54, 1.807) is 19.1 Å². The van der Waals surface area contributed by atoms with Crippen molar-refractivity contribution >= 4 is 11.9 Å². The van der Waals surface area contributed by atoms with Gasteiger partial charge in [-0.1, -0.05) is 12.1 Å². The summed E-state index contributed by atoms with van der Waals surface area (Å²) in [7, 11) is 3.32. The minimum atomic E-state index is -0.831. The number of carboxylic acid groups (broad SMARTS) is 1. The van der Waals surface area contributed by atoms with Crippen LogP contribution in [0.4, 0.5) is 0 Å². The first-order valence-corrected chi connectivity index (χ1v) is 6.61. The highest BCUT2D eigenvalue weighted by molar-refractivity contribution is 5.76. The molecule has 0 atom stereocenters. The Kier molecular flexibility index (Phi) is 6.56. The number of rotatable bonds is 8. The molecule has 0 aliphatic heterocycles. The summed E-state index contributed by atoms with van der Waals surface area (Å²) in [5.41, 5.74) is 1.05. The molecule has 110 valence electrons. The fraction of sp³-hybridized carbons (Fsp3) is 0.467. The normalized spacial score (nSPS) is 10.1. The van der Waals surface area contributed by atoms with Crippen molar-refractivity contribution in [3.05, 3.63) is 29.8 Å². The first-order valence-electron chi connectivity index (χ1n) is 6.61. The van der Waals surface area contributed by atoms with Crippen molar-refractivity contribution in [3.8, 4) is 5.75 Å². The lowest BCUT2D eigenvalue weighted by molar-refractivity contribution is -0.138. The Bertz CT molecular complexity index is 459. The number of methoxy groups -OCH3 is 1. The van der Waals surface area contributed by atoms with Crippen LogP contribution in [0.3, 0.4) is 0 Å². The predicted octanol–water partition coefficient (Wildman–Crippen LogP) is 1.95. The number of carbonyl (C=O) groups excluding carboxylic acids is 1. The number of aryl methyl sites for hydroxylation is 1. The van der Waals surface area contributed by atoms with Crippen LogP contribution < -0.4 is 4.74 Å². The summed E-state index contributed by atoms with van der Waals surface area (Å²) >= 11 is 0. The van der Waals surface area contributed by atoms with Crippen molar-refractivity contribution in [1.82, 2.24) is 4.90 Å². The van der Waals surface area contributed by atoms with Crippen LogP contribution in [0.25, 0.3) is 0 Å². The number of amides is 1. The number of aliphatic carboxylic acids is 1. The lowest BCUT2D eigenvalue weighted by atomic mass is 10.1. The predicted molar refractivity (Wildman–Crippen MR) is 75.8 cm³/mol. The molecule has 5 heteroatoms. The third kappa shape index (κ3) is 5.73. The number of carboxylic acids is 1. The molecule has 0 spiro atoms. The second-order valence-electron chi connectivity index (χ2n) is 4.66. The Balaban J connectivity index is 2.36. The molecule has 0 bridgehead atoms. The van der Waals surface area contributed by atoms with Crippen LogP contribution in [0, 0.1) is 0 Å². The van der Waals surface area contributed by atoms with Gasteiger partial charge in [0.15, 0.2) is 0 Å². The van der Waals surface area contributed by atoms with Gasteiger partial charge in [-0.2, -0.15) is 0 Å². The Hall–Kier alpha value is -2.04. The fourth-order valence-electron chi connectivity index (χ4n) is 1.86. The summed E-state index contributed by atoms with van der Waals surface area (Å²) in [6.45, 7) is 0.475. The molecule has 20 heavy (non-hydrogen) atoms. The van der Waals surface area contributed by atoms with Gasteiger partial charge in [0.05, 0.1) is 7.11 Å². The van der Waals surface area contributed by atoms with Gasteiger partial charge in [-0.3, -0.25) is 9.59 Å². The van der Waals surface area contributed by atoms with Gasteiger partial charge in [0.2, 0.25) is 5.91 Å². The van der Waals surface area contributed by atoms with Gasteiger partial charge in [-0.25, -0.2) is 0 Å². The van der Waals surface area contributed by atoms with E-state index in [-0.39, 0.29) is 12.3 Å². The van der Waals surface area contributed by atoms with Crippen LogP contribution in [-0.2, 0) is 16.0 Å².